The summed E-state index contributed by atoms with van der Waals surface area (Å²) < 4.78 is 5.25. The summed E-state index contributed by atoms with van der Waals surface area (Å²) in [5.41, 5.74) is 9.41. The first kappa shape index (κ1) is 13.9. The molecule has 104 valence electrons. The number of amidine groups is 1. The van der Waals surface area contributed by atoms with Crippen LogP contribution >= 0.6 is 0 Å². The number of ether oxygens (including phenoxy) is 1. The molecule has 0 bridgehead atoms. The second-order valence-electron chi connectivity index (χ2n) is 4.69. The number of methoxy groups -OCH3 is 1. The molecule has 0 radical (unpaired) electrons. The molecule has 2 rings (SSSR count). The van der Waals surface area contributed by atoms with E-state index in [9.17, 15) is 0 Å². The summed E-state index contributed by atoms with van der Waals surface area (Å²) >= 11 is 0. The third-order valence-corrected chi connectivity index (χ3v) is 3.25. The number of hydrogen-bond acceptors (Lipinski definition) is 3. The smallest absolute Gasteiger partial charge is 0.124 e. The van der Waals surface area contributed by atoms with E-state index in [1.165, 1.54) is 0 Å². The van der Waals surface area contributed by atoms with Crippen molar-refractivity contribution < 1.29 is 4.74 Å². The first-order valence-electron chi connectivity index (χ1n) is 6.35. The maximum Gasteiger partial charge on any atom is 0.124 e. The fourth-order valence-corrected chi connectivity index (χ4v) is 2.11. The Morgan fingerprint density at radius 1 is 1.20 bits per heavy atom. The molecule has 0 saturated carbocycles. The molecule has 2 aromatic carbocycles. The van der Waals surface area contributed by atoms with Crippen LogP contribution in [0.2, 0.25) is 0 Å². The highest BCUT2D eigenvalue weighted by molar-refractivity contribution is 6.01. The summed E-state index contributed by atoms with van der Waals surface area (Å²) in [6.07, 6.45) is 0. The van der Waals surface area contributed by atoms with Gasteiger partial charge in [0.15, 0.2) is 0 Å². The van der Waals surface area contributed by atoms with E-state index in [1.807, 2.05) is 61.3 Å². The van der Waals surface area contributed by atoms with E-state index in [0.717, 1.165) is 28.3 Å². The maximum absolute atomic E-state index is 7.71. The molecule has 3 N–H and O–H groups in total. The lowest BCUT2D eigenvalue weighted by Crippen LogP contribution is -2.18. The van der Waals surface area contributed by atoms with Crippen molar-refractivity contribution in [3.63, 3.8) is 0 Å². The van der Waals surface area contributed by atoms with E-state index < -0.39 is 0 Å². The zero-order valence-corrected chi connectivity index (χ0v) is 12.0. The summed E-state index contributed by atoms with van der Waals surface area (Å²) in [6.45, 7) is 2.02. The molecule has 0 amide bonds. The van der Waals surface area contributed by atoms with Gasteiger partial charge in [0.2, 0.25) is 0 Å². The standard InChI is InChI=1S/C16H19N3O/c1-11-7-8-14(16(17)18)15(9-11)19(2)12-5-4-6-13(10-12)20-3/h4-10H,1-3H3,(H3,17,18). The summed E-state index contributed by atoms with van der Waals surface area (Å²) in [7, 11) is 3.60. The Morgan fingerprint density at radius 3 is 2.60 bits per heavy atom. The average molecular weight is 269 g/mol. The summed E-state index contributed by atoms with van der Waals surface area (Å²) in [5.74, 6) is 0.862. The zero-order chi connectivity index (χ0) is 14.7. The van der Waals surface area contributed by atoms with Crippen molar-refractivity contribution in [2.45, 2.75) is 6.92 Å². The van der Waals surface area contributed by atoms with Crippen LogP contribution < -0.4 is 15.4 Å². The van der Waals surface area contributed by atoms with Crippen molar-refractivity contribution >= 4 is 17.2 Å². The summed E-state index contributed by atoms with van der Waals surface area (Å²) in [4.78, 5) is 2.01. The number of hydrogen-bond donors (Lipinski definition) is 2. The van der Waals surface area contributed by atoms with Gasteiger partial charge < -0.3 is 15.4 Å². The Hall–Kier alpha value is -2.49. The quantitative estimate of drug-likeness (QED) is 0.662. The van der Waals surface area contributed by atoms with Gasteiger partial charge in [-0.2, -0.15) is 0 Å². The van der Waals surface area contributed by atoms with Gasteiger partial charge in [-0.1, -0.05) is 12.1 Å². The maximum atomic E-state index is 7.71. The molecule has 0 fully saturated rings. The number of nitrogens with one attached hydrogen (secondary N) is 1. The minimum Gasteiger partial charge on any atom is -0.497 e. The highest BCUT2D eigenvalue weighted by Crippen LogP contribution is 2.30. The van der Waals surface area contributed by atoms with Crippen molar-refractivity contribution in [1.29, 1.82) is 5.41 Å². The summed E-state index contributed by atoms with van der Waals surface area (Å²) in [5, 5.41) is 7.71. The fraction of sp³-hybridized carbons (Fsp3) is 0.188. The van der Waals surface area contributed by atoms with Crippen LogP contribution in [-0.4, -0.2) is 20.0 Å². The molecule has 4 nitrogen and oxygen atoms in total. The Kier molecular flexibility index (Phi) is 3.94. The van der Waals surface area contributed by atoms with E-state index in [1.54, 1.807) is 7.11 Å². The van der Waals surface area contributed by atoms with Gasteiger partial charge in [-0.3, -0.25) is 5.41 Å². The fourth-order valence-electron chi connectivity index (χ4n) is 2.11. The number of anilines is 2. The topological polar surface area (TPSA) is 62.3 Å². The van der Waals surface area contributed by atoms with Crippen molar-refractivity contribution in [3.8, 4) is 5.75 Å². The molecule has 2 aromatic rings. The van der Waals surface area contributed by atoms with E-state index in [4.69, 9.17) is 15.9 Å². The van der Waals surface area contributed by atoms with Crippen molar-refractivity contribution in [3.05, 3.63) is 53.6 Å². The van der Waals surface area contributed by atoms with Crippen LogP contribution in [0.5, 0.6) is 5.75 Å². The molecule has 0 spiro atoms. The van der Waals surface area contributed by atoms with E-state index >= 15 is 0 Å². The van der Waals surface area contributed by atoms with Gasteiger partial charge in [0.1, 0.15) is 11.6 Å². The van der Waals surface area contributed by atoms with Gasteiger partial charge in [-0.25, -0.2) is 0 Å². The summed E-state index contributed by atoms with van der Waals surface area (Å²) in [6, 6.07) is 13.6. The number of aryl methyl sites for hydroxylation is 1. The monoisotopic (exact) mass is 269 g/mol. The first-order chi connectivity index (χ1) is 9.52. The van der Waals surface area contributed by atoms with Gasteiger partial charge in [-0.05, 0) is 36.8 Å². The highest BCUT2D eigenvalue weighted by Gasteiger charge is 2.12. The van der Waals surface area contributed by atoms with Gasteiger partial charge in [-0.15, -0.1) is 0 Å². The second-order valence-corrected chi connectivity index (χ2v) is 4.69. The van der Waals surface area contributed by atoms with Crippen molar-refractivity contribution in [2.75, 3.05) is 19.1 Å². The van der Waals surface area contributed by atoms with Crippen LogP contribution in [0, 0.1) is 12.3 Å². The van der Waals surface area contributed by atoms with Gasteiger partial charge in [0.25, 0.3) is 0 Å². The molecular formula is C16H19N3O. The molecule has 0 aliphatic heterocycles. The molecular weight excluding hydrogens is 250 g/mol. The minimum absolute atomic E-state index is 0.0646. The predicted octanol–water partition coefficient (Wildman–Crippen LogP) is 3.06. The Balaban J connectivity index is 2.49. The molecule has 0 unspecified atom stereocenters. The Bertz CT molecular complexity index is 637. The normalized spacial score (nSPS) is 10.2. The molecule has 0 aliphatic carbocycles. The lowest BCUT2D eigenvalue weighted by Gasteiger charge is -2.23. The third-order valence-electron chi connectivity index (χ3n) is 3.25. The molecule has 0 atom stereocenters. The van der Waals surface area contributed by atoms with Gasteiger partial charge in [0, 0.05) is 24.4 Å². The molecule has 4 heteroatoms. The minimum atomic E-state index is 0.0646. The number of nitrogen functional groups attached to an aromatic ring is 1. The number of rotatable bonds is 4. The highest BCUT2D eigenvalue weighted by atomic mass is 16.5. The van der Waals surface area contributed by atoms with Crippen LogP contribution in [0.15, 0.2) is 42.5 Å². The van der Waals surface area contributed by atoms with Crippen molar-refractivity contribution in [2.24, 2.45) is 5.73 Å². The van der Waals surface area contributed by atoms with Crippen LogP contribution in [0.3, 0.4) is 0 Å². The van der Waals surface area contributed by atoms with E-state index in [2.05, 4.69) is 0 Å². The Labute approximate surface area is 119 Å². The zero-order valence-electron chi connectivity index (χ0n) is 12.0. The third kappa shape index (κ3) is 2.74. The number of benzene rings is 2. The molecule has 0 aromatic heterocycles. The number of nitrogens with zero attached hydrogens (tertiary/aromatic N) is 1. The SMILES string of the molecule is COc1cccc(N(C)c2cc(C)ccc2C(=N)N)c1. The van der Waals surface area contributed by atoms with Crippen LogP contribution in [0.4, 0.5) is 11.4 Å². The van der Waals surface area contributed by atoms with Crippen molar-refractivity contribution in [1.82, 2.24) is 0 Å². The van der Waals surface area contributed by atoms with Crippen LogP contribution in [-0.2, 0) is 0 Å². The molecule has 20 heavy (non-hydrogen) atoms. The molecule has 0 saturated heterocycles. The van der Waals surface area contributed by atoms with Gasteiger partial charge >= 0.3 is 0 Å². The Morgan fingerprint density at radius 2 is 1.95 bits per heavy atom. The van der Waals surface area contributed by atoms with E-state index in [-0.39, 0.29) is 5.84 Å². The number of nitrogens with two attached hydrogens (primary N) is 1. The largest absolute Gasteiger partial charge is 0.497 e. The lowest BCUT2D eigenvalue weighted by atomic mass is 10.1. The molecule has 0 aliphatic rings. The average Bonchev–Trinajstić information content (AvgIpc) is 2.46. The molecule has 0 heterocycles. The van der Waals surface area contributed by atoms with Crippen LogP contribution in [0.25, 0.3) is 0 Å². The second kappa shape index (κ2) is 5.65. The lowest BCUT2D eigenvalue weighted by molar-refractivity contribution is 0.415. The first-order valence-corrected chi connectivity index (χ1v) is 6.35. The van der Waals surface area contributed by atoms with E-state index in [0.29, 0.717) is 0 Å². The predicted molar refractivity (Wildman–Crippen MR) is 83.3 cm³/mol. The van der Waals surface area contributed by atoms with Gasteiger partial charge in [0.05, 0.1) is 12.8 Å². The van der Waals surface area contributed by atoms with Crippen LogP contribution in [0.1, 0.15) is 11.1 Å².